The maximum absolute atomic E-state index is 7.05. The summed E-state index contributed by atoms with van der Waals surface area (Å²) >= 11 is 0. The molecule has 1 rings (SSSR count). The molecule has 0 aliphatic heterocycles. The molecule has 0 aromatic heterocycles. The first-order chi connectivity index (χ1) is 6.16. The van der Waals surface area contributed by atoms with Crippen LogP contribution in [0.5, 0.6) is 0 Å². The quantitative estimate of drug-likeness (QED) is 0.504. The fourth-order valence-electron chi connectivity index (χ4n) is 0.984. The molecular weight excluding hydrogens is 160 g/mol. The van der Waals surface area contributed by atoms with E-state index in [1.165, 1.54) is 11.8 Å². The SMILES string of the molecule is CC.Cc1ccc(C=N)c(N)c1C. The van der Waals surface area contributed by atoms with E-state index in [1.54, 1.807) is 0 Å². The molecule has 2 heteroatoms. The van der Waals surface area contributed by atoms with E-state index in [9.17, 15) is 0 Å². The molecule has 1 aromatic carbocycles. The monoisotopic (exact) mass is 178 g/mol. The molecule has 0 amide bonds. The van der Waals surface area contributed by atoms with E-state index in [4.69, 9.17) is 11.1 Å². The highest BCUT2D eigenvalue weighted by molar-refractivity contribution is 5.86. The smallest absolute Gasteiger partial charge is 0.0435 e. The van der Waals surface area contributed by atoms with Gasteiger partial charge in [0.15, 0.2) is 0 Å². The summed E-state index contributed by atoms with van der Waals surface area (Å²) in [5.74, 6) is 0. The maximum Gasteiger partial charge on any atom is 0.0435 e. The van der Waals surface area contributed by atoms with Crippen molar-refractivity contribution in [3.05, 3.63) is 28.8 Å². The van der Waals surface area contributed by atoms with Crippen molar-refractivity contribution in [3.8, 4) is 0 Å². The predicted molar refractivity (Wildman–Crippen MR) is 59.6 cm³/mol. The summed E-state index contributed by atoms with van der Waals surface area (Å²) in [5, 5.41) is 7.05. The van der Waals surface area contributed by atoms with Crippen molar-refractivity contribution < 1.29 is 0 Å². The molecule has 0 radical (unpaired) electrons. The average Bonchev–Trinajstić information content (AvgIpc) is 2.18. The van der Waals surface area contributed by atoms with Gasteiger partial charge in [-0.25, -0.2) is 0 Å². The molecule has 0 fully saturated rings. The van der Waals surface area contributed by atoms with Crippen LogP contribution in [-0.2, 0) is 0 Å². The summed E-state index contributed by atoms with van der Waals surface area (Å²) in [5.41, 5.74) is 9.51. The summed E-state index contributed by atoms with van der Waals surface area (Å²) in [6.07, 6.45) is 1.28. The molecule has 72 valence electrons. The fraction of sp³-hybridized carbons (Fsp3) is 0.364. The Morgan fingerprint density at radius 1 is 1.23 bits per heavy atom. The number of benzene rings is 1. The molecule has 0 heterocycles. The van der Waals surface area contributed by atoms with Gasteiger partial charge in [0.25, 0.3) is 0 Å². The Hall–Kier alpha value is -1.31. The molecule has 0 aliphatic rings. The molecule has 0 unspecified atom stereocenters. The Kier molecular flexibility index (Phi) is 4.82. The molecule has 1 aromatic rings. The van der Waals surface area contributed by atoms with E-state index >= 15 is 0 Å². The minimum Gasteiger partial charge on any atom is -0.398 e. The van der Waals surface area contributed by atoms with Gasteiger partial charge in [-0.2, -0.15) is 0 Å². The van der Waals surface area contributed by atoms with Gasteiger partial charge < -0.3 is 11.1 Å². The summed E-state index contributed by atoms with van der Waals surface area (Å²) in [6, 6.07) is 3.84. The first-order valence-electron chi connectivity index (χ1n) is 4.53. The van der Waals surface area contributed by atoms with Gasteiger partial charge in [0.05, 0.1) is 0 Å². The Balaban J connectivity index is 0.000000671. The Morgan fingerprint density at radius 3 is 2.23 bits per heavy atom. The van der Waals surface area contributed by atoms with Crippen molar-refractivity contribution in [2.75, 3.05) is 5.73 Å². The lowest BCUT2D eigenvalue weighted by Crippen LogP contribution is -1.97. The number of nitrogens with two attached hydrogens (primary N) is 1. The number of hydrogen-bond donors (Lipinski definition) is 2. The van der Waals surface area contributed by atoms with Crippen LogP contribution in [0.3, 0.4) is 0 Å². The molecule has 0 bridgehead atoms. The highest BCUT2D eigenvalue weighted by Gasteiger charge is 2.00. The van der Waals surface area contributed by atoms with E-state index in [1.807, 2.05) is 39.8 Å². The van der Waals surface area contributed by atoms with Gasteiger partial charge in [-0.3, -0.25) is 0 Å². The highest BCUT2D eigenvalue weighted by atomic mass is 14.6. The molecule has 2 nitrogen and oxygen atoms in total. The normalized spacial score (nSPS) is 8.62. The third kappa shape index (κ3) is 2.58. The average molecular weight is 178 g/mol. The first-order valence-corrected chi connectivity index (χ1v) is 4.53. The standard InChI is InChI=1S/C9H12N2.C2H6/c1-6-3-4-8(5-10)9(11)7(6)2;1-2/h3-5,10H,11H2,1-2H3;1-2H3. The van der Waals surface area contributed by atoms with Crippen LogP contribution in [0.15, 0.2) is 12.1 Å². The third-order valence-corrected chi connectivity index (χ3v) is 1.97. The maximum atomic E-state index is 7.05. The van der Waals surface area contributed by atoms with E-state index in [-0.39, 0.29) is 0 Å². The second-order valence-corrected chi connectivity index (χ2v) is 2.65. The van der Waals surface area contributed by atoms with Gasteiger partial charge in [0, 0.05) is 17.5 Å². The Labute approximate surface area is 80.3 Å². The van der Waals surface area contributed by atoms with E-state index in [0.29, 0.717) is 0 Å². The Bertz CT molecular complexity index is 290. The predicted octanol–water partition coefficient (Wildman–Crippen LogP) is 2.91. The molecule has 0 saturated carbocycles. The van der Waals surface area contributed by atoms with Crippen LogP contribution in [0.4, 0.5) is 5.69 Å². The van der Waals surface area contributed by atoms with Gasteiger partial charge in [-0.15, -0.1) is 0 Å². The van der Waals surface area contributed by atoms with E-state index < -0.39 is 0 Å². The second-order valence-electron chi connectivity index (χ2n) is 2.65. The topological polar surface area (TPSA) is 49.9 Å². The summed E-state index contributed by atoms with van der Waals surface area (Å²) < 4.78 is 0. The molecule has 0 aliphatic carbocycles. The second kappa shape index (κ2) is 5.36. The van der Waals surface area contributed by atoms with Crippen LogP contribution in [0.2, 0.25) is 0 Å². The van der Waals surface area contributed by atoms with Crippen molar-refractivity contribution in [1.29, 1.82) is 5.41 Å². The summed E-state index contributed by atoms with van der Waals surface area (Å²) in [6.45, 7) is 7.98. The number of rotatable bonds is 1. The lowest BCUT2D eigenvalue weighted by atomic mass is 10.0. The van der Waals surface area contributed by atoms with E-state index in [2.05, 4.69) is 0 Å². The van der Waals surface area contributed by atoms with Crippen molar-refractivity contribution in [2.45, 2.75) is 27.7 Å². The number of anilines is 1. The van der Waals surface area contributed by atoms with Gasteiger partial charge in [-0.1, -0.05) is 26.0 Å². The fourth-order valence-corrected chi connectivity index (χ4v) is 0.984. The first kappa shape index (κ1) is 11.7. The number of nitrogen functional groups attached to an aromatic ring is 1. The van der Waals surface area contributed by atoms with Crippen LogP contribution in [0.25, 0.3) is 0 Å². The zero-order valence-corrected chi connectivity index (χ0v) is 8.81. The van der Waals surface area contributed by atoms with Crippen molar-refractivity contribution in [3.63, 3.8) is 0 Å². The van der Waals surface area contributed by atoms with Gasteiger partial charge in [0.2, 0.25) is 0 Å². The van der Waals surface area contributed by atoms with Crippen LogP contribution in [0.1, 0.15) is 30.5 Å². The lowest BCUT2D eigenvalue weighted by molar-refractivity contribution is 1.34. The Morgan fingerprint density at radius 2 is 1.77 bits per heavy atom. The minimum atomic E-state index is 0.722. The van der Waals surface area contributed by atoms with Crippen molar-refractivity contribution in [1.82, 2.24) is 0 Å². The highest BCUT2D eigenvalue weighted by Crippen LogP contribution is 2.18. The van der Waals surface area contributed by atoms with Crippen LogP contribution in [-0.4, -0.2) is 6.21 Å². The van der Waals surface area contributed by atoms with Crippen LogP contribution >= 0.6 is 0 Å². The zero-order valence-electron chi connectivity index (χ0n) is 8.81. The summed E-state index contributed by atoms with van der Waals surface area (Å²) in [7, 11) is 0. The lowest BCUT2D eigenvalue weighted by Gasteiger charge is -2.06. The van der Waals surface area contributed by atoms with Gasteiger partial charge >= 0.3 is 0 Å². The number of nitrogens with one attached hydrogen (secondary N) is 1. The molecule has 13 heavy (non-hydrogen) atoms. The molecule has 0 atom stereocenters. The van der Waals surface area contributed by atoms with Crippen molar-refractivity contribution >= 4 is 11.9 Å². The number of hydrogen-bond acceptors (Lipinski definition) is 2. The molecular formula is C11H18N2. The molecule has 3 N–H and O–H groups in total. The zero-order chi connectivity index (χ0) is 10.4. The van der Waals surface area contributed by atoms with Gasteiger partial charge in [0.1, 0.15) is 0 Å². The van der Waals surface area contributed by atoms with Crippen LogP contribution < -0.4 is 5.73 Å². The van der Waals surface area contributed by atoms with Gasteiger partial charge in [-0.05, 0) is 25.0 Å². The minimum absolute atomic E-state index is 0.722. The number of aryl methyl sites for hydroxylation is 1. The summed E-state index contributed by atoms with van der Waals surface area (Å²) in [4.78, 5) is 0. The largest absolute Gasteiger partial charge is 0.398 e. The van der Waals surface area contributed by atoms with Crippen LogP contribution in [0, 0.1) is 19.3 Å². The molecule has 0 saturated heterocycles. The van der Waals surface area contributed by atoms with E-state index in [0.717, 1.165) is 16.8 Å². The molecule has 0 spiro atoms. The van der Waals surface area contributed by atoms with Crippen molar-refractivity contribution in [2.24, 2.45) is 0 Å². The third-order valence-electron chi connectivity index (χ3n) is 1.97.